The molecule has 15 heavy (non-hydrogen) atoms. The molecule has 3 heteroatoms. The second kappa shape index (κ2) is 2.73. The molecule has 0 amide bonds. The van der Waals surface area contributed by atoms with E-state index in [9.17, 15) is 0 Å². The average Bonchev–Trinajstić information content (AvgIpc) is 3.13. The Bertz CT molecular complexity index is 329. The third kappa shape index (κ3) is 1.11. The highest BCUT2D eigenvalue weighted by Gasteiger charge is 2.65. The van der Waals surface area contributed by atoms with E-state index in [1.54, 1.807) is 0 Å². The van der Waals surface area contributed by atoms with Gasteiger partial charge in [-0.05, 0) is 6.42 Å². The van der Waals surface area contributed by atoms with Crippen molar-refractivity contribution in [3.8, 4) is 0 Å². The molecule has 4 atom stereocenters. The number of hydrogen-bond donors (Lipinski definition) is 0. The molecule has 4 aliphatic rings. The van der Waals surface area contributed by atoms with Gasteiger partial charge in [0.1, 0.15) is 12.2 Å². The summed E-state index contributed by atoms with van der Waals surface area (Å²) in [4.78, 5) is 0. The summed E-state index contributed by atoms with van der Waals surface area (Å²) < 4.78 is 17.0. The monoisotopic (exact) mass is 206 g/mol. The lowest BCUT2D eigenvalue weighted by atomic mass is 9.73. The fourth-order valence-electron chi connectivity index (χ4n) is 3.02. The second-order valence-electron chi connectivity index (χ2n) is 4.83. The van der Waals surface area contributed by atoms with E-state index in [4.69, 9.17) is 14.2 Å². The van der Waals surface area contributed by atoms with Crippen LogP contribution in [-0.4, -0.2) is 37.6 Å². The highest BCUT2D eigenvalue weighted by molar-refractivity contribution is 5.27. The van der Waals surface area contributed by atoms with Crippen LogP contribution in [0.15, 0.2) is 24.3 Å². The van der Waals surface area contributed by atoms with Crippen LogP contribution in [-0.2, 0) is 14.2 Å². The van der Waals surface area contributed by atoms with Gasteiger partial charge >= 0.3 is 0 Å². The molecule has 3 aliphatic heterocycles. The van der Waals surface area contributed by atoms with E-state index in [2.05, 4.69) is 24.3 Å². The van der Waals surface area contributed by atoms with E-state index >= 15 is 0 Å². The normalized spacial score (nSPS) is 55.5. The van der Waals surface area contributed by atoms with E-state index in [1.807, 2.05) is 0 Å². The van der Waals surface area contributed by atoms with Gasteiger partial charge in [-0.2, -0.15) is 0 Å². The molecule has 0 aromatic carbocycles. The van der Waals surface area contributed by atoms with Crippen LogP contribution in [0.3, 0.4) is 0 Å². The van der Waals surface area contributed by atoms with E-state index in [0.29, 0.717) is 24.4 Å². The molecule has 3 heterocycles. The van der Waals surface area contributed by atoms with Gasteiger partial charge in [0.2, 0.25) is 0 Å². The van der Waals surface area contributed by atoms with Gasteiger partial charge in [-0.15, -0.1) is 0 Å². The Labute approximate surface area is 88.7 Å². The molecule has 0 saturated carbocycles. The molecular formula is C12H14O3. The summed E-state index contributed by atoms with van der Waals surface area (Å²) in [6.07, 6.45) is 11.0. The Morgan fingerprint density at radius 1 is 1.00 bits per heavy atom. The van der Waals surface area contributed by atoms with Crippen LogP contribution in [0.2, 0.25) is 0 Å². The first kappa shape index (κ1) is 8.50. The van der Waals surface area contributed by atoms with E-state index in [-0.39, 0.29) is 5.41 Å². The van der Waals surface area contributed by atoms with E-state index in [0.717, 1.165) is 19.6 Å². The lowest BCUT2D eigenvalue weighted by molar-refractivity contribution is 0.101. The number of epoxide rings is 2. The highest BCUT2D eigenvalue weighted by atomic mass is 16.7. The van der Waals surface area contributed by atoms with Gasteiger partial charge in [0.25, 0.3) is 0 Å². The van der Waals surface area contributed by atoms with Crippen LogP contribution in [0.1, 0.15) is 6.42 Å². The predicted octanol–water partition coefficient (Wildman–Crippen LogP) is 1.05. The molecule has 0 radical (unpaired) electrons. The molecular weight excluding hydrogens is 192 g/mol. The molecule has 1 aliphatic carbocycles. The molecule has 4 rings (SSSR count). The van der Waals surface area contributed by atoms with Gasteiger partial charge < -0.3 is 14.2 Å². The molecule has 80 valence electrons. The third-order valence-electron chi connectivity index (χ3n) is 3.91. The minimum atomic E-state index is 0.105. The van der Waals surface area contributed by atoms with Gasteiger partial charge in [0.05, 0.1) is 25.4 Å². The SMILES string of the molecule is C1=CCC2(C=C1)C1OC1COCC1OC12. The number of fused-ring (bicyclic) bond motifs is 4. The number of ether oxygens (including phenoxy) is 3. The van der Waals surface area contributed by atoms with Crippen molar-refractivity contribution in [3.63, 3.8) is 0 Å². The van der Waals surface area contributed by atoms with Crippen molar-refractivity contribution in [3.05, 3.63) is 24.3 Å². The Morgan fingerprint density at radius 3 is 2.33 bits per heavy atom. The minimum Gasteiger partial charge on any atom is -0.376 e. The van der Waals surface area contributed by atoms with Gasteiger partial charge in [-0.3, -0.25) is 0 Å². The Balaban J connectivity index is 1.70. The van der Waals surface area contributed by atoms with Gasteiger partial charge in [-0.1, -0.05) is 24.3 Å². The second-order valence-corrected chi connectivity index (χ2v) is 4.83. The predicted molar refractivity (Wildman–Crippen MR) is 53.5 cm³/mol. The summed E-state index contributed by atoms with van der Waals surface area (Å²) >= 11 is 0. The summed E-state index contributed by atoms with van der Waals surface area (Å²) in [5.41, 5.74) is 0.105. The summed E-state index contributed by atoms with van der Waals surface area (Å²) in [5.74, 6) is 0. The zero-order chi connectivity index (χ0) is 9.88. The fraction of sp³-hybridized carbons (Fsp3) is 0.667. The van der Waals surface area contributed by atoms with Crippen molar-refractivity contribution >= 4 is 0 Å². The summed E-state index contributed by atoms with van der Waals surface area (Å²) in [6.45, 7) is 1.47. The molecule has 0 aromatic heterocycles. The minimum absolute atomic E-state index is 0.105. The first-order valence-electron chi connectivity index (χ1n) is 5.63. The van der Waals surface area contributed by atoms with Crippen molar-refractivity contribution in [2.75, 3.05) is 13.2 Å². The van der Waals surface area contributed by atoms with Crippen LogP contribution in [0.25, 0.3) is 0 Å². The van der Waals surface area contributed by atoms with Crippen LogP contribution in [0, 0.1) is 5.41 Å². The third-order valence-corrected chi connectivity index (χ3v) is 3.91. The van der Waals surface area contributed by atoms with Gasteiger partial charge in [0.15, 0.2) is 0 Å². The quantitative estimate of drug-likeness (QED) is 0.556. The lowest BCUT2D eigenvalue weighted by Gasteiger charge is -2.29. The topological polar surface area (TPSA) is 34.3 Å². The van der Waals surface area contributed by atoms with Crippen molar-refractivity contribution in [1.82, 2.24) is 0 Å². The standard InChI is InChI=1S/C12H14O3/c1-2-4-12(5-3-1)10-8(14-10)6-13-7-9-11(12)15-9/h1-4,8-11H,5-7H2. The van der Waals surface area contributed by atoms with E-state index in [1.165, 1.54) is 0 Å². The van der Waals surface area contributed by atoms with Crippen LogP contribution in [0.4, 0.5) is 0 Å². The maximum Gasteiger partial charge on any atom is 0.108 e. The molecule has 4 unspecified atom stereocenters. The highest BCUT2D eigenvalue weighted by Crippen LogP contribution is 2.54. The number of rotatable bonds is 0. The lowest BCUT2D eigenvalue weighted by Crippen LogP contribution is -2.37. The van der Waals surface area contributed by atoms with Crippen molar-refractivity contribution in [2.24, 2.45) is 5.41 Å². The molecule has 3 saturated heterocycles. The maximum atomic E-state index is 5.74. The summed E-state index contributed by atoms with van der Waals surface area (Å²) in [6, 6.07) is 0. The zero-order valence-electron chi connectivity index (χ0n) is 8.46. The van der Waals surface area contributed by atoms with Crippen molar-refractivity contribution in [1.29, 1.82) is 0 Å². The number of hydrogen-bond acceptors (Lipinski definition) is 3. The largest absolute Gasteiger partial charge is 0.376 e. The van der Waals surface area contributed by atoms with E-state index < -0.39 is 0 Å². The fourth-order valence-corrected chi connectivity index (χ4v) is 3.02. The van der Waals surface area contributed by atoms with Crippen LogP contribution < -0.4 is 0 Å². The molecule has 0 N–H and O–H groups in total. The van der Waals surface area contributed by atoms with Crippen LogP contribution in [0.5, 0.6) is 0 Å². The summed E-state index contributed by atoms with van der Waals surface area (Å²) in [7, 11) is 0. The first-order chi connectivity index (χ1) is 7.40. The Morgan fingerprint density at radius 2 is 1.73 bits per heavy atom. The van der Waals surface area contributed by atoms with Crippen LogP contribution >= 0.6 is 0 Å². The maximum absolute atomic E-state index is 5.74. The Hall–Kier alpha value is -0.640. The molecule has 3 nitrogen and oxygen atoms in total. The molecule has 0 aromatic rings. The Kier molecular flexibility index (Phi) is 1.55. The summed E-state index contributed by atoms with van der Waals surface area (Å²) in [5, 5.41) is 0. The smallest absolute Gasteiger partial charge is 0.108 e. The van der Waals surface area contributed by atoms with Gasteiger partial charge in [0, 0.05) is 5.41 Å². The first-order valence-corrected chi connectivity index (χ1v) is 5.63. The zero-order valence-corrected chi connectivity index (χ0v) is 8.46. The average molecular weight is 206 g/mol. The van der Waals surface area contributed by atoms with Crippen molar-refractivity contribution < 1.29 is 14.2 Å². The molecule has 3 fully saturated rings. The molecule has 0 bridgehead atoms. The van der Waals surface area contributed by atoms with Crippen molar-refractivity contribution in [2.45, 2.75) is 30.8 Å². The molecule has 1 spiro atoms. The van der Waals surface area contributed by atoms with Gasteiger partial charge in [-0.25, -0.2) is 0 Å². The number of allylic oxidation sites excluding steroid dienone is 3.